The standard InChI is InChI=1S/C11H13BrN2O/c1-11(2)4-9(11)14-10(15)7-3-8(12)6-13-5-7/h3,5-6,9H,4H2,1-2H3,(H,14,15). The molecule has 1 aliphatic carbocycles. The molecule has 0 spiro atoms. The van der Waals surface area contributed by atoms with E-state index in [0.717, 1.165) is 10.9 Å². The van der Waals surface area contributed by atoms with Crippen molar-refractivity contribution < 1.29 is 4.79 Å². The lowest BCUT2D eigenvalue weighted by Crippen LogP contribution is -2.28. The number of pyridine rings is 1. The van der Waals surface area contributed by atoms with Crippen LogP contribution in [0, 0.1) is 5.41 Å². The summed E-state index contributed by atoms with van der Waals surface area (Å²) in [5, 5.41) is 2.99. The van der Waals surface area contributed by atoms with E-state index in [-0.39, 0.29) is 11.3 Å². The largest absolute Gasteiger partial charge is 0.349 e. The van der Waals surface area contributed by atoms with Crippen LogP contribution in [0.2, 0.25) is 0 Å². The van der Waals surface area contributed by atoms with Crippen LogP contribution in [0.4, 0.5) is 0 Å². The van der Waals surface area contributed by atoms with E-state index in [2.05, 4.69) is 40.1 Å². The summed E-state index contributed by atoms with van der Waals surface area (Å²) in [6.07, 6.45) is 4.30. The van der Waals surface area contributed by atoms with E-state index in [1.54, 1.807) is 18.5 Å². The van der Waals surface area contributed by atoms with Crippen molar-refractivity contribution in [1.29, 1.82) is 0 Å². The van der Waals surface area contributed by atoms with Crippen molar-refractivity contribution in [2.24, 2.45) is 5.41 Å². The van der Waals surface area contributed by atoms with Crippen molar-refractivity contribution in [3.05, 3.63) is 28.5 Å². The summed E-state index contributed by atoms with van der Waals surface area (Å²) < 4.78 is 0.824. The molecule has 3 nitrogen and oxygen atoms in total. The molecule has 2 rings (SSSR count). The van der Waals surface area contributed by atoms with Gasteiger partial charge < -0.3 is 5.32 Å². The van der Waals surface area contributed by atoms with Crippen molar-refractivity contribution in [3.8, 4) is 0 Å². The molecule has 1 aromatic heterocycles. The number of aromatic nitrogens is 1. The van der Waals surface area contributed by atoms with Crippen LogP contribution in [0.1, 0.15) is 30.6 Å². The first kappa shape index (κ1) is 10.6. The van der Waals surface area contributed by atoms with Crippen molar-refractivity contribution in [2.75, 3.05) is 0 Å². The fourth-order valence-electron chi connectivity index (χ4n) is 1.49. The molecule has 1 amide bonds. The molecule has 0 saturated heterocycles. The number of hydrogen-bond acceptors (Lipinski definition) is 2. The van der Waals surface area contributed by atoms with E-state index in [0.29, 0.717) is 11.6 Å². The third kappa shape index (κ3) is 2.37. The number of nitrogens with one attached hydrogen (secondary N) is 1. The van der Waals surface area contributed by atoms with E-state index >= 15 is 0 Å². The van der Waals surface area contributed by atoms with Gasteiger partial charge in [0.2, 0.25) is 0 Å². The van der Waals surface area contributed by atoms with Crippen LogP contribution >= 0.6 is 15.9 Å². The summed E-state index contributed by atoms with van der Waals surface area (Å²) >= 11 is 3.29. The van der Waals surface area contributed by atoms with Gasteiger partial charge in [0.1, 0.15) is 0 Å². The van der Waals surface area contributed by atoms with Crippen LogP contribution in [0.15, 0.2) is 22.9 Å². The summed E-state index contributed by atoms with van der Waals surface area (Å²) in [5.41, 5.74) is 0.863. The number of carbonyl (C=O) groups is 1. The summed E-state index contributed by atoms with van der Waals surface area (Å²) in [6, 6.07) is 2.08. The molecule has 80 valence electrons. The molecule has 1 saturated carbocycles. The molecule has 4 heteroatoms. The average molecular weight is 269 g/mol. The van der Waals surface area contributed by atoms with Crippen LogP contribution in [-0.2, 0) is 0 Å². The van der Waals surface area contributed by atoms with Gasteiger partial charge in [-0.25, -0.2) is 0 Å². The zero-order chi connectivity index (χ0) is 11.1. The number of carbonyl (C=O) groups excluding carboxylic acids is 1. The molecule has 1 unspecified atom stereocenters. The Morgan fingerprint density at radius 2 is 2.27 bits per heavy atom. The minimum Gasteiger partial charge on any atom is -0.349 e. The predicted molar refractivity (Wildman–Crippen MR) is 61.6 cm³/mol. The quantitative estimate of drug-likeness (QED) is 0.895. The predicted octanol–water partition coefficient (Wildman–Crippen LogP) is 2.37. The van der Waals surface area contributed by atoms with Crippen molar-refractivity contribution in [3.63, 3.8) is 0 Å². The Hall–Kier alpha value is -0.900. The van der Waals surface area contributed by atoms with Gasteiger partial charge >= 0.3 is 0 Å². The fraction of sp³-hybridized carbons (Fsp3) is 0.455. The number of amides is 1. The maximum Gasteiger partial charge on any atom is 0.253 e. The second-order valence-corrected chi connectivity index (χ2v) is 5.53. The molecule has 0 radical (unpaired) electrons. The zero-order valence-corrected chi connectivity index (χ0v) is 10.3. The van der Waals surface area contributed by atoms with Gasteiger partial charge in [0.25, 0.3) is 5.91 Å². The summed E-state index contributed by atoms with van der Waals surface area (Å²) in [7, 11) is 0. The zero-order valence-electron chi connectivity index (χ0n) is 8.75. The molecule has 0 aliphatic heterocycles. The second kappa shape index (κ2) is 3.59. The lowest BCUT2D eigenvalue weighted by Gasteiger charge is -2.06. The van der Waals surface area contributed by atoms with Gasteiger partial charge in [-0.1, -0.05) is 13.8 Å². The maximum atomic E-state index is 11.8. The van der Waals surface area contributed by atoms with E-state index < -0.39 is 0 Å². The van der Waals surface area contributed by atoms with Gasteiger partial charge in [-0.2, -0.15) is 0 Å². The SMILES string of the molecule is CC1(C)CC1NC(=O)c1cncc(Br)c1. The molecule has 1 aliphatic rings. The molecule has 1 aromatic rings. The monoisotopic (exact) mass is 268 g/mol. The molecule has 0 aromatic carbocycles. The van der Waals surface area contributed by atoms with Gasteiger partial charge in [0.15, 0.2) is 0 Å². The Kier molecular flexibility index (Phi) is 2.54. The van der Waals surface area contributed by atoms with Crippen LogP contribution < -0.4 is 5.32 Å². The Morgan fingerprint density at radius 3 is 2.80 bits per heavy atom. The highest BCUT2D eigenvalue weighted by molar-refractivity contribution is 9.10. The summed E-state index contributed by atoms with van der Waals surface area (Å²) in [5.74, 6) is -0.0422. The first-order chi connectivity index (χ1) is 6.99. The Morgan fingerprint density at radius 1 is 1.60 bits per heavy atom. The average Bonchev–Trinajstić information content (AvgIpc) is 2.73. The van der Waals surface area contributed by atoms with Gasteiger partial charge in [0.05, 0.1) is 5.56 Å². The summed E-state index contributed by atoms with van der Waals surface area (Å²) in [4.78, 5) is 15.7. The van der Waals surface area contributed by atoms with Crippen LogP contribution in [0.5, 0.6) is 0 Å². The number of halogens is 1. The Labute approximate surface area is 97.4 Å². The highest BCUT2D eigenvalue weighted by Gasteiger charge is 2.46. The molecule has 1 fully saturated rings. The number of hydrogen-bond donors (Lipinski definition) is 1. The van der Waals surface area contributed by atoms with Gasteiger partial charge in [0, 0.05) is 22.9 Å². The van der Waals surface area contributed by atoms with Crippen LogP contribution in [0.3, 0.4) is 0 Å². The molecular formula is C11H13BrN2O. The number of rotatable bonds is 2. The summed E-state index contributed by atoms with van der Waals surface area (Å²) in [6.45, 7) is 4.30. The Balaban J connectivity index is 2.03. The fourth-order valence-corrected chi connectivity index (χ4v) is 1.86. The van der Waals surface area contributed by atoms with Crippen LogP contribution in [-0.4, -0.2) is 16.9 Å². The third-order valence-corrected chi connectivity index (χ3v) is 3.22. The molecule has 15 heavy (non-hydrogen) atoms. The van der Waals surface area contributed by atoms with E-state index in [1.807, 2.05) is 0 Å². The lowest BCUT2D eigenvalue weighted by atomic mass is 10.2. The van der Waals surface area contributed by atoms with Gasteiger partial charge in [-0.15, -0.1) is 0 Å². The normalized spacial score (nSPS) is 22.2. The molecule has 0 bridgehead atoms. The highest BCUT2D eigenvalue weighted by Crippen LogP contribution is 2.44. The first-order valence-corrected chi connectivity index (χ1v) is 5.70. The smallest absolute Gasteiger partial charge is 0.253 e. The molecule has 1 heterocycles. The first-order valence-electron chi connectivity index (χ1n) is 4.90. The number of nitrogens with zero attached hydrogens (tertiary/aromatic N) is 1. The molecule has 1 N–H and O–H groups in total. The third-order valence-electron chi connectivity index (χ3n) is 2.79. The Bertz CT molecular complexity index is 403. The van der Waals surface area contributed by atoms with Gasteiger partial charge in [-0.3, -0.25) is 9.78 Å². The second-order valence-electron chi connectivity index (χ2n) is 4.61. The minimum atomic E-state index is -0.0422. The van der Waals surface area contributed by atoms with Crippen molar-refractivity contribution in [2.45, 2.75) is 26.3 Å². The van der Waals surface area contributed by atoms with E-state index in [4.69, 9.17) is 0 Å². The minimum absolute atomic E-state index is 0.0422. The van der Waals surface area contributed by atoms with Crippen molar-refractivity contribution in [1.82, 2.24) is 10.3 Å². The van der Waals surface area contributed by atoms with Gasteiger partial charge in [-0.05, 0) is 33.8 Å². The maximum absolute atomic E-state index is 11.8. The van der Waals surface area contributed by atoms with E-state index in [9.17, 15) is 4.79 Å². The van der Waals surface area contributed by atoms with Crippen molar-refractivity contribution >= 4 is 21.8 Å². The topological polar surface area (TPSA) is 42.0 Å². The van der Waals surface area contributed by atoms with Crippen LogP contribution in [0.25, 0.3) is 0 Å². The molecule has 1 atom stereocenters. The lowest BCUT2D eigenvalue weighted by molar-refractivity contribution is 0.0946. The highest BCUT2D eigenvalue weighted by atomic mass is 79.9. The van der Waals surface area contributed by atoms with E-state index in [1.165, 1.54) is 0 Å². The molecular weight excluding hydrogens is 256 g/mol.